The third kappa shape index (κ3) is 9.93. The van der Waals surface area contributed by atoms with E-state index in [1.165, 1.54) is 10.9 Å². The zero-order valence-corrected chi connectivity index (χ0v) is 21.5. The number of aromatic nitrogens is 4. The molecular formula is C10H13Li4N6O12P3. The number of aliphatic hydroxyl groups is 2. The molecule has 2 aromatic heterocycles. The van der Waals surface area contributed by atoms with Gasteiger partial charge in [-0.15, -0.1) is 0 Å². The second kappa shape index (κ2) is 14.4. The van der Waals surface area contributed by atoms with Crippen molar-refractivity contribution in [1.82, 2.24) is 24.4 Å². The average molecular weight is 530 g/mol. The third-order valence-corrected chi connectivity index (χ3v) is 7.93. The number of imidazole rings is 1. The fourth-order valence-electron chi connectivity index (χ4n) is 2.64. The largest absolute Gasteiger partial charge is 1.00 e. The van der Waals surface area contributed by atoms with E-state index in [4.69, 9.17) is 10.5 Å². The summed E-state index contributed by atoms with van der Waals surface area (Å²) in [6.07, 6.45) is -3.92. The van der Waals surface area contributed by atoms with Crippen molar-refractivity contribution in [2.24, 2.45) is 0 Å². The van der Waals surface area contributed by atoms with Gasteiger partial charge >= 0.3 is 75.4 Å². The van der Waals surface area contributed by atoms with E-state index in [0.717, 1.165) is 6.33 Å². The van der Waals surface area contributed by atoms with Crippen LogP contribution in [-0.4, -0.2) is 54.7 Å². The van der Waals surface area contributed by atoms with Gasteiger partial charge in [0, 0.05) is 7.75 Å². The first-order valence-electron chi connectivity index (χ1n) is 7.93. The Morgan fingerprint density at radius 1 is 1.06 bits per heavy atom. The van der Waals surface area contributed by atoms with E-state index in [-0.39, 0.29) is 92.4 Å². The Balaban J connectivity index is 0. The van der Waals surface area contributed by atoms with Crippen molar-refractivity contribution < 1.29 is 132 Å². The van der Waals surface area contributed by atoms with E-state index >= 15 is 0 Å². The smallest absolute Gasteiger partial charge is 0.799 e. The van der Waals surface area contributed by atoms with E-state index in [1.807, 2.05) is 0 Å². The molecule has 3 unspecified atom stereocenters. The fraction of sp³-hybridized carbons (Fsp3) is 0.500. The zero-order valence-electron chi connectivity index (χ0n) is 18.9. The standard InChI is InChI=1S/C10H17N6O12P3.4Li/c11-8-5-9(13-2-12-8)16(3-14-5)10-7(18)6(17)4(27-10)1-26-31(24,25)28-30(22,23)15-29(19,20)21;;;;/h2-4,6-7,10,17-18H,1H2,(H,24,25)(H2,11,12,13)(H4,15,19,20,21,22,23);;;;/q;4*+1/p-4/t4-,6+,7?,10-;;;;/m1..../s1. The molecule has 2 aromatic rings. The van der Waals surface area contributed by atoms with Crippen LogP contribution in [0.3, 0.4) is 0 Å². The van der Waals surface area contributed by atoms with Crippen molar-refractivity contribution in [3.05, 3.63) is 12.7 Å². The van der Waals surface area contributed by atoms with Crippen LogP contribution in [0.25, 0.3) is 11.2 Å². The van der Waals surface area contributed by atoms with Crippen LogP contribution in [0.15, 0.2) is 12.7 Å². The molecule has 1 fully saturated rings. The van der Waals surface area contributed by atoms with Gasteiger partial charge in [0.25, 0.3) is 7.82 Å². The summed E-state index contributed by atoms with van der Waals surface area (Å²) in [7, 11) is -17.5. The quantitative estimate of drug-likeness (QED) is 0.182. The van der Waals surface area contributed by atoms with Crippen molar-refractivity contribution in [2.75, 3.05) is 12.3 Å². The maximum atomic E-state index is 11.6. The summed E-state index contributed by atoms with van der Waals surface area (Å²) in [6.45, 7) is -1.05. The van der Waals surface area contributed by atoms with Gasteiger partial charge < -0.3 is 49.3 Å². The SMILES string of the molecule is Nc1ncnc2c1ncn2[C@@H]1O[C@H](COP(=O)([O-])OP(=O)([O-])NP(=O)([O-])[O-])[C@H](O)C1O.[Li+].[Li+].[Li+].[Li+]. The Labute approximate surface area is 245 Å². The first-order valence-corrected chi connectivity index (χ1v) is 12.5. The van der Waals surface area contributed by atoms with Gasteiger partial charge in [0.1, 0.15) is 30.2 Å². The summed E-state index contributed by atoms with van der Waals surface area (Å²) in [6, 6.07) is 0. The molecule has 0 saturated carbocycles. The Bertz CT molecular complexity index is 1120. The molecule has 25 heteroatoms. The van der Waals surface area contributed by atoms with Crippen LogP contribution >= 0.6 is 23.3 Å². The molecular weight excluding hydrogens is 517 g/mol. The van der Waals surface area contributed by atoms with Gasteiger partial charge in [0.15, 0.2) is 17.7 Å². The van der Waals surface area contributed by atoms with Gasteiger partial charge in [-0.3, -0.25) is 18.0 Å². The van der Waals surface area contributed by atoms with E-state index in [2.05, 4.69) is 23.8 Å². The zero-order chi connectivity index (χ0) is 23.2. The summed E-state index contributed by atoms with van der Waals surface area (Å²) in [5.74, 6) is 0.0254. The molecule has 0 aliphatic carbocycles. The van der Waals surface area contributed by atoms with Gasteiger partial charge in [0.05, 0.1) is 12.9 Å². The molecule has 0 aromatic carbocycles. The third-order valence-electron chi connectivity index (χ3n) is 3.85. The normalized spacial score (nSPS) is 25.2. The Kier molecular flexibility index (Phi) is 15.7. The van der Waals surface area contributed by atoms with E-state index in [0.29, 0.717) is 4.86 Å². The number of rotatable bonds is 8. The minimum Gasteiger partial charge on any atom is -0.799 e. The number of hydrogen-bond acceptors (Lipinski definition) is 16. The maximum Gasteiger partial charge on any atom is 1.00 e. The van der Waals surface area contributed by atoms with Crippen molar-refractivity contribution in [1.29, 1.82) is 0 Å². The Hall–Kier alpha value is 1.03. The molecule has 174 valence electrons. The number of fused-ring (bicyclic) bond motifs is 1. The van der Waals surface area contributed by atoms with Gasteiger partial charge in [-0.1, -0.05) is 0 Å². The van der Waals surface area contributed by atoms with Gasteiger partial charge in [-0.2, -0.15) is 0 Å². The molecule has 35 heavy (non-hydrogen) atoms. The van der Waals surface area contributed by atoms with Crippen molar-refractivity contribution in [3.8, 4) is 0 Å². The number of phosphoric ester groups is 1. The first kappa shape index (κ1) is 38.2. The van der Waals surface area contributed by atoms with Crippen LogP contribution in [-0.2, 0) is 27.3 Å². The van der Waals surface area contributed by atoms with Crippen LogP contribution in [0.4, 0.5) is 5.82 Å². The minimum absolute atomic E-state index is 0. The molecule has 1 aliphatic rings. The monoisotopic (exact) mass is 530 g/mol. The Morgan fingerprint density at radius 3 is 2.23 bits per heavy atom. The summed E-state index contributed by atoms with van der Waals surface area (Å²) in [4.78, 5) is 55.8. The van der Waals surface area contributed by atoms with E-state index in [9.17, 15) is 43.5 Å². The number of nitrogens with zero attached hydrogens (tertiary/aromatic N) is 4. The first-order chi connectivity index (χ1) is 14.2. The summed E-state index contributed by atoms with van der Waals surface area (Å²) >= 11 is 0. The number of hydrogen-bond donors (Lipinski definition) is 4. The second-order valence-corrected chi connectivity index (χ2v) is 10.6. The molecule has 3 heterocycles. The van der Waals surface area contributed by atoms with Crippen LogP contribution in [0.1, 0.15) is 6.23 Å². The molecule has 18 nitrogen and oxygen atoms in total. The fourth-order valence-corrected chi connectivity index (χ4v) is 5.89. The predicted molar refractivity (Wildman–Crippen MR) is 88.7 cm³/mol. The number of anilines is 1. The number of nitrogens with two attached hydrogens (primary N) is 1. The summed E-state index contributed by atoms with van der Waals surface area (Å²) < 4.78 is 47.6. The molecule has 0 amide bonds. The van der Waals surface area contributed by atoms with Gasteiger partial charge in [-0.25, -0.2) is 19.8 Å². The average Bonchev–Trinajstić information content (AvgIpc) is 3.13. The van der Waals surface area contributed by atoms with Crippen LogP contribution < -0.4 is 106 Å². The molecule has 0 spiro atoms. The van der Waals surface area contributed by atoms with Crippen LogP contribution in [0.2, 0.25) is 0 Å². The summed E-state index contributed by atoms with van der Waals surface area (Å²) in [5.41, 5.74) is 5.94. The number of ether oxygens (including phenoxy) is 1. The summed E-state index contributed by atoms with van der Waals surface area (Å²) in [5, 5.41) is 20.3. The second-order valence-electron chi connectivity index (χ2n) is 6.05. The van der Waals surface area contributed by atoms with Gasteiger partial charge in [-0.05, 0) is 0 Å². The van der Waals surface area contributed by atoms with Crippen molar-refractivity contribution in [3.63, 3.8) is 0 Å². The molecule has 5 N–H and O–H groups in total. The van der Waals surface area contributed by atoms with Gasteiger partial charge in [0.2, 0.25) is 7.75 Å². The molecule has 1 saturated heterocycles. The van der Waals surface area contributed by atoms with Crippen LogP contribution in [0.5, 0.6) is 0 Å². The number of nitrogen functional groups attached to an aromatic ring is 1. The van der Waals surface area contributed by atoms with E-state index < -0.39 is 54.5 Å². The number of phosphoric acid groups is 1. The van der Waals surface area contributed by atoms with Crippen LogP contribution in [0, 0.1) is 0 Å². The molecule has 6 atom stereocenters. The molecule has 0 radical (unpaired) electrons. The number of nitrogens with one attached hydrogen (secondary N) is 1. The predicted octanol–water partition coefficient (Wildman–Crippen LogP) is -16.6. The van der Waals surface area contributed by atoms with Crippen molar-refractivity contribution in [2.45, 2.75) is 24.5 Å². The topological polar surface area (TPSA) is 293 Å². The maximum absolute atomic E-state index is 11.6. The van der Waals surface area contributed by atoms with E-state index in [1.54, 1.807) is 0 Å². The molecule has 1 aliphatic heterocycles. The number of aliphatic hydroxyl groups excluding tert-OH is 2. The molecule has 3 rings (SSSR count). The Morgan fingerprint density at radius 2 is 1.66 bits per heavy atom. The molecule has 0 bridgehead atoms. The minimum atomic E-state index is -5.89. The van der Waals surface area contributed by atoms with Crippen molar-refractivity contribution >= 4 is 40.3 Å².